The lowest BCUT2D eigenvalue weighted by atomic mass is 10.1. The molecule has 1 saturated heterocycles. The molecular formula is C17H25ClN4O3. The Morgan fingerprint density at radius 3 is 2.64 bits per heavy atom. The lowest BCUT2D eigenvalue weighted by Gasteiger charge is -2.21. The van der Waals surface area contributed by atoms with Gasteiger partial charge in [-0.15, -0.1) is 0 Å². The van der Waals surface area contributed by atoms with Crippen molar-refractivity contribution in [3.63, 3.8) is 0 Å². The van der Waals surface area contributed by atoms with Gasteiger partial charge >= 0.3 is 6.03 Å². The molecule has 1 aromatic rings. The van der Waals surface area contributed by atoms with Gasteiger partial charge < -0.3 is 26.4 Å². The van der Waals surface area contributed by atoms with Crippen molar-refractivity contribution in [2.45, 2.75) is 32.4 Å². The summed E-state index contributed by atoms with van der Waals surface area (Å²) in [6.45, 7) is 7.16. The minimum Gasteiger partial charge on any atom is -0.391 e. The number of rotatable bonds is 4. The van der Waals surface area contributed by atoms with E-state index in [9.17, 15) is 14.7 Å². The van der Waals surface area contributed by atoms with Gasteiger partial charge in [0, 0.05) is 36.8 Å². The van der Waals surface area contributed by atoms with Crippen molar-refractivity contribution in [1.29, 1.82) is 0 Å². The summed E-state index contributed by atoms with van der Waals surface area (Å²) in [6, 6.07) is 4.37. The number of aliphatic hydroxyl groups excluding tert-OH is 1. The highest BCUT2D eigenvalue weighted by atomic mass is 35.5. The third-order valence-corrected chi connectivity index (χ3v) is 4.12. The number of hydrogen-bond acceptors (Lipinski definition) is 4. The highest BCUT2D eigenvalue weighted by Gasteiger charge is 2.25. The number of carbonyl (C=O) groups is 2. The number of carbonyl (C=O) groups excluding carboxylic acids is 2. The van der Waals surface area contributed by atoms with Gasteiger partial charge in [0.2, 0.25) is 0 Å². The Morgan fingerprint density at radius 1 is 1.32 bits per heavy atom. The average Bonchev–Trinajstić information content (AvgIpc) is 2.90. The number of nitrogens with one attached hydrogen (secondary N) is 4. The van der Waals surface area contributed by atoms with Crippen LogP contribution in [0.1, 0.15) is 31.1 Å². The third kappa shape index (κ3) is 5.88. The molecule has 0 aliphatic carbocycles. The summed E-state index contributed by atoms with van der Waals surface area (Å²) < 4.78 is 0. The summed E-state index contributed by atoms with van der Waals surface area (Å²) in [4.78, 5) is 24.3. The highest BCUT2D eigenvalue weighted by Crippen LogP contribution is 2.21. The van der Waals surface area contributed by atoms with Crippen LogP contribution in [0.2, 0.25) is 5.02 Å². The minimum absolute atomic E-state index is 0.0263. The van der Waals surface area contributed by atoms with Crippen LogP contribution in [0.15, 0.2) is 18.2 Å². The molecule has 2 unspecified atom stereocenters. The summed E-state index contributed by atoms with van der Waals surface area (Å²) in [7, 11) is 0. The number of urea groups is 1. The van der Waals surface area contributed by atoms with Gasteiger partial charge in [-0.25, -0.2) is 4.79 Å². The number of β-amino-alcohol motifs (C(OH)–C–C–N with tert-alkyl or cyclic N) is 1. The fourth-order valence-corrected chi connectivity index (χ4v) is 2.73. The zero-order valence-corrected chi connectivity index (χ0v) is 15.4. The second-order valence-corrected chi connectivity index (χ2v) is 7.63. The number of amides is 3. The van der Waals surface area contributed by atoms with Gasteiger partial charge in [0.25, 0.3) is 5.91 Å². The molecule has 0 spiro atoms. The molecular weight excluding hydrogens is 344 g/mol. The normalized spacial score (nSPS) is 20.2. The molecule has 1 heterocycles. The van der Waals surface area contributed by atoms with E-state index in [1.54, 1.807) is 12.1 Å². The van der Waals surface area contributed by atoms with Crippen LogP contribution in [0.25, 0.3) is 0 Å². The van der Waals surface area contributed by atoms with Crippen LogP contribution in [-0.4, -0.2) is 48.3 Å². The molecule has 5 N–H and O–H groups in total. The van der Waals surface area contributed by atoms with E-state index in [-0.39, 0.29) is 29.0 Å². The van der Waals surface area contributed by atoms with Gasteiger partial charge in [0.1, 0.15) is 0 Å². The van der Waals surface area contributed by atoms with Crippen molar-refractivity contribution in [3.8, 4) is 0 Å². The predicted octanol–water partition coefficient (Wildman–Crippen LogP) is 1.57. The standard InChI is InChI=1S/C17H25ClN4O3/c1-17(2,3)22-16(25)21-11-4-5-13(18)12(6-11)15(24)20-8-10-7-19-9-14(10)23/h4-6,10,14,19,23H,7-9H2,1-3H3,(H,20,24)(H2,21,22,25). The molecule has 25 heavy (non-hydrogen) atoms. The Morgan fingerprint density at radius 2 is 2.04 bits per heavy atom. The molecule has 7 nitrogen and oxygen atoms in total. The lowest BCUT2D eigenvalue weighted by molar-refractivity contribution is 0.0927. The van der Waals surface area contributed by atoms with Crippen LogP contribution in [0.4, 0.5) is 10.5 Å². The zero-order valence-electron chi connectivity index (χ0n) is 14.6. The molecule has 2 atom stereocenters. The van der Waals surface area contributed by atoms with Gasteiger partial charge in [-0.2, -0.15) is 0 Å². The largest absolute Gasteiger partial charge is 0.391 e. The fourth-order valence-electron chi connectivity index (χ4n) is 2.53. The van der Waals surface area contributed by atoms with Crippen molar-refractivity contribution in [1.82, 2.24) is 16.0 Å². The number of halogens is 1. The third-order valence-electron chi connectivity index (χ3n) is 3.79. The predicted molar refractivity (Wildman–Crippen MR) is 98.1 cm³/mol. The summed E-state index contributed by atoms with van der Waals surface area (Å²) in [5, 5.41) is 21.4. The maximum atomic E-state index is 12.4. The number of hydrogen-bond donors (Lipinski definition) is 5. The molecule has 0 saturated carbocycles. The molecule has 2 rings (SSSR count). The maximum absolute atomic E-state index is 12.4. The Kier molecular flexibility index (Phi) is 6.26. The quantitative estimate of drug-likeness (QED) is 0.556. The Labute approximate surface area is 152 Å². The van der Waals surface area contributed by atoms with E-state index in [0.29, 0.717) is 30.3 Å². The van der Waals surface area contributed by atoms with E-state index in [2.05, 4.69) is 21.3 Å². The van der Waals surface area contributed by atoms with E-state index in [1.165, 1.54) is 6.07 Å². The van der Waals surface area contributed by atoms with E-state index in [1.807, 2.05) is 20.8 Å². The smallest absolute Gasteiger partial charge is 0.319 e. The Bertz CT molecular complexity index is 645. The second kappa shape index (κ2) is 8.03. The molecule has 1 fully saturated rings. The molecule has 138 valence electrons. The van der Waals surface area contributed by atoms with Crippen molar-refractivity contribution < 1.29 is 14.7 Å². The molecule has 0 aromatic heterocycles. The van der Waals surface area contributed by atoms with Gasteiger partial charge in [-0.1, -0.05) is 11.6 Å². The molecule has 1 aromatic carbocycles. The average molecular weight is 369 g/mol. The number of benzene rings is 1. The molecule has 1 aliphatic heterocycles. The van der Waals surface area contributed by atoms with Crippen molar-refractivity contribution in [2.24, 2.45) is 5.92 Å². The summed E-state index contributed by atoms with van der Waals surface area (Å²) in [5.74, 6) is -0.370. The van der Waals surface area contributed by atoms with E-state index in [0.717, 1.165) is 0 Å². The van der Waals surface area contributed by atoms with Crippen LogP contribution in [0.5, 0.6) is 0 Å². The minimum atomic E-state index is -0.468. The topological polar surface area (TPSA) is 102 Å². The van der Waals surface area contributed by atoms with Crippen molar-refractivity contribution in [2.75, 3.05) is 25.0 Å². The number of aliphatic hydroxyl groups is 1. The van der Waals surface area contributed by atoms with E-state index in [4.69, 9.17) is 11.6 Å². The monoisotopic (exact) mass is 368 g/mol. The molecule has 0 bridgehead atoms. The molecule has 3 amide bonds. The Hall–Kier alpha value is -1.83. The first-order chi connectivity index (χ1) is 11.7. The zero-order chi connectivity index (χ0) is 18.6. The lowest BCUT2D eigenvalue weighted by Crippen LogP contribution is -2.43. The second-order valence-electron chi connectivity index (χ2n) is 7.22. The van der Waals surface area contributed by atoms with Gasteiger partial charge in [0.05, 0.1) is 16.7 Å². The van der Waals surface area contributed by atoms with Gasteiger partial charge in [-0.3, -0.25) is 4.79 Å². The van der Waals surface area contributed by atoms with Crippen LogP contribution >= 0.6 is 11.6 Å². The summed E-state index contributed by atoms with van der Waals surface area (Å²) in [6.07, 6.45) is -0.468. The van der Waals surface area contributed by atoms with Crippen molar-refractivity contribution in [3.05, 3.63) is 28.8 Å². The molecule has 8 heteroatoms. The highest BCUT2D eigenvalue weighted by molar-refractivity contribution is 6.34. The number of anilines is 1. The fraction of sp³-hybridized carbons (Fsp3) is 0.529. The van der Waals surface area contributed by atoms with Crippen LogP contribution in [0.3, 0.4) is 0 Å². The first-order valence-electron chi connectivity index (χ1n) is 8.21. The SMILES string of the molecule is CC(C)(C)NC(=O)Nc1ccc(Cl)c(C(=O)NCC2CNCC2O)c1. The van der Waals surface area contributed by atoms with Crippen LogP contribution < -0.4 is 21.3 Å². The van der Waals surface area contributed by atoms with Crippen molar-refractivity contribution >= 4 is 29.2 Å². The van der Waals surface area contributed by atoms with Crippen LogP contribution in [0, 0.1) is 5.92 Å². The summed E-state index contributed by atoms with van der Waals surface area (Å²) in [5.41, 5.74) is 0.377. The Balaban J connectivity index is 2.00. The van der Waals surface area contributed by atoms with E-state index >= 15 is 0 Å². The molecule has 0 radical (unpaired) electrons. The van der Waals surface area contributed by atoms with Crippen LogP contribution in [-0.2, 0) is 0 Å². The van der Waals surface area contributed by atoms with Gasteiger partial charge in [-0.05, 0) is 39.0 Å². The maximum Gasteiger partial charge on any atom is 0.319 e. The van der Waals surface area contributed by atoms with E-state index < -0.39 is 6.10 Å². The van der Waals surface area contributed by atoms with Gasteiger partial charge in [0.15, 0.2) is 0 Å². The first-order valence-corrected chi connectivity index (χ1v) is 8.59. The first kappa shape index (κ1) is 19.5. The molecule has 1 aliphatic rings. The summed E-state index contributed by atoms with van der Waals surface area (Å²) >= 11 is 6.11.